The predicted molar refractivity (Wildman–Crippen MR) is 110 cm³/mol. The Bertz CT molecular complexity index is 990. The number of nitrogens with zero attached hydrogens (tertiary/aromatic N) is 1. The summed E-state index contributed by atoms with van der Waals surface area (Å²) in [6, 6.07) is 5.53. The lowest BCUT2D eigenvalue weighted by atomic mass is 10.0. The zero-order chi connectivity index (χ0) is 20.7. The van der Waals surface area contributed by atoms with Gasteiger partial charge in [-0.1, -0.05) is 0 Å². The summed E-state index contributed by atoms with van der Waals surface area (Å²) < 4.78 is 17.2. The van der Waals surface area contributed by atoms with Gasteiger partial charge in [0.25, 0.3) is 5.91 Å². The van der Waals surface area contributed by atoms with Crippen molar-refractivity contribution in [1.82, 2.24) is 4.90 Å². The summed E-state index contributed by atoms with van der Waals surface area (Å²) in [4.78, 5) is 26.6. The van der Waals surface area contributed by atoms with Gasteiger partial charge in [-0.15, -0.1) is 11.3 Å². The molecule has 0 unspecified atom stereocenters. The van der Waals surface area contributed by atoms with E-state index in [1.165, 1.54) is 11.3 Å². The highest BCUT2D eigenvalue weighted by Gasteiger charge is 2.35. The van der Waals surface area contributed by atoms with Crippen LogP contribution in [0.4, 0.5) is 5.69 Å². The highest BCUT2D eigenvalue weighted by atomic mass is 32.1. The average molecular weight is 430 g/mol. The number of carbonyl (C=O) groups is 2. The molecule has 30 heavy (non-hydrogen) atoms. The van der Waals surface area contributed by atoms with Gasteiger partial charge in [0.15, 0.2) is 11.5 Å². The molecule has 0 radical (unpaired) electrons. The fraction of sp³-hybridized carbons (Fsp3) is 0.429. The Morgan fingerprint density at radius 3 is 3.00 bits per heavy atom. The van der Waals surface area contributed by atoms with Gasteiger partial charge >= 0.3 is 0 Å². The Hall–Kier alpha value is -2.78. The summed E-state index contributed by atoms with van der Waals surface area (Å²) in [7, 11) is 0. The number of rotatable bonds is 3. The summed E-state index contributed by atoms with van der Waals surface area (Å²) in [5, 5.41) is 15.3. The number of amides is 2. The van der Waals surface area contributed by atoms with Crippen molar-refractivity contribution in [2.75, 3.05) is 31.6 Å². The summed E-state index contributed by atoms with van der Waals surface area (Å²) in [6.07, 6.45) is 0.450. The van der Waals surface area contributed by atoms with Gasteiger partial charge in [0.1, 0.15) is 36.0 Å². The zero-order valence-corrected chi connectivity index (χ0v) is 17.1. The first-order valence-corrected chi connectivity index (χ1v) is 10.9. The van der Waals surface area contributed by atoms with E-state index in [1.54, 1.807) is 16.3 Å². The van der Waals surface area contributed by atoms with Crippen molar-refractivity contribution < 1.29 is 28.9 Å². The molecule has 1 aromatic heterocycles. The molecule has 0 bridgehead atoms. The van der Waals surface area contributed by atoms with Crippen LogP contribution in [-0.2, 0) is 11.2 Å². The van der Waals surface area contributed by atoms with Gasteiger partial charge in [-0.2, -0.15) is 0 Å². The van der Waals surface area contributed by atoms with Crippen LogP contribution in [0.5, 0.6) is 17.2 Å². The van der Waals surface area contributed by atoms with E-state index in [1.807, 2.05) is 12.1 Å². The Labute approximate surface area is 177 Å². The second-order valence-corrected chi connectivity index (χ2v) is 8.47. The first-order valence-electron chi connectivity index (χ1n) is 10.0. The lowest BCUT2D eigenvalue weighted by Crippen LogP contribution is -2.51. The quantitative estimate of drug-likeness (QED) is 0.774. The molecular weight excluding hydrogens is 408 g/mol. The molecule has 2 amide bonds. The summed E-state index contributed by atoms with van der Waals surface area (Å²) in [6.45, 7) is 1.58. The van der Waals surface area contributed by atoms with Crippen LogP contribution < -0.4 is 19.5 Å². The number of β-amino-alcohol motifs (C(OH)–C–C–N with tert-alkyl or cyclic N) is 1. The number of aliphatic hydroxyl groups excluding tert-OH is 1. The molecule has 0 spiro atoms. The molecule has 1 aromatic carbocycles. The van der Waals surface area contributed by atoms with E-state index in [0.717, 1.165) is 11.3 Å². The second kappa shape index (κ2) is 7.81. The first kappa shape index (κ1) is 19.2. The van der Waals surface area contributed by atoms with Crippen LogP contribution >= 0.6 is 11.3 Å². The van der Waals surface area contributed by atoms with E-state index < -0.39 is 12.2 Å². The van der Waals surface area contributed by atoms with Crippen LogP contribution in [0.15, 0.2) is 23.6 Å². The summed E-state index contributed by atoms with van der Waals surface area (Å²) >= 11 is 1.30. The molecule has 1 fully saturated rings. The van der Waals surface area contributed by atoms with E-state index in [2.05, 4.69) is 5.32 Å². The molecule has 1 saturated heterocycles. The van der Waals surface area contributed by atoms with Gasteiger partial charge in [0.05, 0.1) is 6.54 Å². The van der Waals surface area contributed by atoms with Gasteiger partial charge in [0, 0.05) is 30.5 Å². The largest absolute Gasteiger partial charge is 0.488 e. The maximum absolute atomic E-state index is 12.9. The molecule has 8 nitrogen and oxygen atoms in total. The van der Waals surface area contributed by atoms with E-state index >= 15 is 0 Å². The highest BCUT2D eigenvalue weighted by molar-refractivity contribution is 7.12. The van der Waals surface area contributed by atoms with Crippen molar-refractivity contribution in [3.8, 4) is 17.2 Å². The van der Waals surface area contributed by atoms with Crippen molar-refractivity contribution in [2.45, 2.75) is 31.5 Å². The number of thiophene rings is 1. The monoisotopic (exact) mass is 430 g/mol. The number of benzene rings is 1. The third-order valence-corrected chi connectivity index (χ3v) is 6.49. The van der Waals surface area contributed by atoms with Crippen molar-refractivity contribution in [1.29, 1.82) is 0 Å². The van der Waals surface area contributed by atoms with E-state index in [-0.39, 0.29) is 18.4 Å². The molecule has 2 atom stereocenters. The number of piperidine rings is 1. The van der Waals surface area contributed by atoms with Gasteiger partial charge in [-0.25, -0.2) is 0 Å². The Morgan fingerprint density at radius 1 is 1.27 bits per heavy atom. The van der Waals surface area contributed by atoms with Crippen LogP contribution in [-0.4, -0.2) is 60.3 Å². The van der Waals surface area contributed by atoms with Crippen LogP contribution in [0.3, 0.4) is 0 Å². The lowest BCUT2D eigenvalue weighted by molar-refractivity contribution is -0.116. The maximum Gasteiger partial charge on any atom is 0.267 e. The number of nitrogens with one attached hydrogen (secondary N) is 1. The molecule has 158 valence electrons. The first-order chi connectivity index (χ1) is 14.6. The molecule has 0 aliphatic carbocycles. The van der Waals surface area contributed by atoms with Crippen LogP contribution in [0, 0.1) is 0 Å². The second-order valence-electron chi connectivity index (χ2n) is 7.59. The number of ether oxygens (including phenoxy) is 3. The topological polar surface area (TPSA) is 97.3 Å². The molecule has 2 aromatic rings. The Morgan fingerprint density at radius 2 is 2.13 bits per heavy atom. The van der Waals surface area contributed by atoms with Gasteiger partial charge < -0.3 is 29.5 Å². The third kappa shape index (κ3) is 3.59. The summed E-state index contributed by atoms with van der Waals surface area (Å²) in [5.74, 6) is 1.63. The number of likely N-dealkylation sites (tertiary alicyclic amines) is 1. The number of aryl methyl sites for hydroxylation is 1. The zero-order valence-electron chi connectivity index (χ0n) is 16.3. The minimum Gasteiger partial charge on any atom is -0.488 e. The normalized spacial score (nSPS) is 22.8. The van der Waals surface area contributed by atoms with Gasteiger partial charge in [-0.05, 0) is 30.2 Å². The lowest BCUT2D eigenvalue weighted by Gasteiger charge is -2.36. The van der Waals surface area contributed by atoms with Crippen molar-refractivity contribution >= 4 is 28.8 Å². The number of fused-ring (bicyclic) bond motifs is 2. The molecule has 0 saturated carbocycles. The molecule has 9 heteroatoms. The van der Waals surface area contributed by atoms with Crippen LogP contribution in [0.1, 0.15) is 28.1 Å². The van der Waals surface area contributed by atoms with E-state index in [4.69, 9.17) is 14.2 Å². The summed E-state index contributed by atoms with van der Waals surface area (Å²) in [5.41, 5.74) is 1.84. The number of aliphatic hydroxyl groups is 1. The fourth-order valence-corrected chi connectivity index (χ4v) is 4.89. The minimum absolute atomic E-state index is 0.0209. The molecule has 5 rings (SSSR count). The van der Waals surface area contributed by atoms with E-state index in [9.17, 15) is 14.7 Å². The standard InChI is InChI=1S/C21H22N2O6S/c24-15-10-23(21(26)20-19-17(11-30-20)27-7-8-28-19)6-5-16(15)29-13-2-3-14-12(9-13)1-4-18(25)22-14/h2-3,9,11,15-16,24H,1,4-8,10H2,(H,22,25)/t15-,16-/m1/s1. The molecule has 3 aliphatic rings. The third-order valence-electron chi connectivity index (χ3n) is 5.56. The Kier molecular flexibility index (Phi) is 5.00. The van der Waals surface area contributed by atoms with Crippen molar-refractivity contribution in [3.63, 3.8) is 0 Å². The molecule has 4 heterocycles. The number of carbonyl (C=O) groups excluding carboxylic acids is 2. The highest BCUT2D eigenvalue weighted by Crippen LogP contribution is 2.40. The van der Waals surface area contributed by atoms with Crippen LogP contribution in [0.25, 0.3) is 0 Å². The average Bonchev–Trinajstić information content (AvgIpc) is 3.19. The fourth-order valence-electron chi connectivity index (χ4n) is 3.99. The van der Waals surface area contributed by atoms with E-state index in [0.29, 0.717) is 61.1 Å². The van der Waals surface area contributed by atoms with Gasteiger partial charge in [-0.3, -0.25) is 9.59 Å². The minimum atomic E-state index is -0.800. The molecule has 3 aliphatic heterocycles. The number of hydrogen-bond donors (Lipinski definition) is 2. The SMILES string of the molecule is O=C1CCc2cc(O[C@@H]3CCN(C(=O)c4scc5c4OCCO5)C[C@H]3O)ccc2N1. The molecule has 2 N–H and O–H groups in total. The number of hydrogen-bond acceptors (Lipinski definition) is 7. The molecular formula is C21H22N2O6S. The smallest absolute Gasteiger partial charge is 0.267 e. The maximum atomic E-state index is 12.9. The number of anilines is 1. The van der Waals surface area contributed by atoms with Crippen molar-refractivity contribution in [2.24, 2.45) is 0 Å². The Balaban J connectivity index is 1.23. The van der Waals surface area contributed by atoms with Crippen molar-refractivity contribution in [3.05, 3.63) is 34.0 Å². The predicted octanol–water partition coefficient (Wildman–Crippen LogP) is 2.06. The van der Waals surface area contributed by atoms with Crippen LogP contribution in [0.2, 0.25) is 0 Å². The van der Waals surface area contributed by atoms with Gasteiger partial charge in [0.2, 0.25) is 5.91 Å².